The largest absolute Gasteiger partial charge is 0.241 e. The van der Waals surface area contributed by atoms with E-state index in [1.807, 2.05) is 54.6 Å². The van der Waals surface area contributed by atoms with Gasteiger partial charge in [-0.15, -0.1) is 0 Å². The van der Waals surface area contributed by atoms with Gasteiger partial charge in [0.2, 0.25) is 0 Å². The van der Waals surface area contributed by atoms with Crippen LogP contribution >= 0.6 is 0 Å². The maximum atomic E-state index is 5.14. The number of aromatic nitrogens is 5. The van der Waals surface area contributed by atoms with Gasteiger partial charge in [-0.05, 0) is 35.0 Å². The molecule has 0 fully saturated rings. The van der Waals surface area contributed by atoms with Crippen molar-refractivity contribution < 1.29 is 0 Å². The first kappa shape index (κ1) is 26.1. The van der Waals surface area contributed by atoms with Gasteiger partial charge in [0.05, 0.1) is 22.4 Å². The summed E-state index contributed by atoms with van der Waals surface area (Å²) in [5.74, 6) is 1.11. The Balaban J connectivity index is 1.28. The number of fused-ring (bicyclic) bond motifs is 6. The van der Waals surface area contributed by atoms with E-state index in [0.717, 1.165) is 65.9 Å². The minimum atomic E-state index is 0.555. The summed E-state index contributed by atoms with van der Waals surface area (Å²) in [4.78, 5) is 25.6. The molecule has 5 heteroatoms. The highest BCUT2D eigenvalue weighted by Gasteiger charge is 2.18. The Morgan fingerprint density at radius 2 is 0.717 bits per heavy atom. The topological polar surface area (TPSA) is 64.5 Å². The number of hydrogen-bond acceptors (Lipinski definition) is 5. The predicted molar refractivity (Wildman–Crippen MR) is 187 cm³/mol. The third-order valence-corrected chi connectivity index (χ3v) is 8.48. The molecule has 214 valence electrons. The summed E-state index contributed by atoms with van der Waals surface area (Å²) < 4.78 is 0. The summed E-state index contributed by atoms with van der Waals surface area (Å²) in [6.07, 6.45) is 0. The summed E-state index contributed by atoms with van der Waals surface area (Å²) in [6, 6.07) is 51.6. The molecule has 9 aromatic rings. The summed E-state index contributed by atoms with van der Waals surface area (Å²) in [7, 11) is 0. The number of hydrogen-bond donors (Lipinski definition) is 0. The molecule has 6 aromatic carbocycles. The standard InChI is InChI=1S/C41H25N5/c1-3-14-28(15-4-1)36-32-24-22-26-12-7-9-18-30(26)38(32)45-40(43-36)34-20-11-21-35(42-34)41-44-37(29-16-5-2-6-17-29)33-25-23-27-13-8-10-19-31(27)39(33)46-41/h1-25H. The van der Waals surface area contributed by atoms with E-state index in [-0.39, 0.29) is 0 Å². The van der Waals surface area contributed by atoms with Crippen LogP contribution in [0.1, 0.15) is 0 Å². The van der Waals surface area contributed by atoms with Crippen molar-refractivity contribution >= 4 is 43.4 Å². The molecule has 0 bridgehead atoms. The minimum Gasteiger partial charge on any atom is -0.241 e. The van der Waals surface area contributed by atoms with E-state index >= 15 is 0 Å². The lowest BCUT2D eigenvalue weighted by molar-refractivity contribution is 1.15. The SMILES string of the molecule is c1ccc(-c2nc(-c3cccc(-c4nc(-c5ccccc5)c5ccc6ccccc6c5n4)n3)nc3c2ccc2ccccc23)cc1. The molecule has 5 nitrogen and oxygen atoms in total. The first-order valence-electron chi connectivity index (χ1n) is 15.3. The van der Waals surface area contributed by atoms with Crippen molar-refractivity contribution in [3.05, 3.63) is 152 Å². The molecule has 0 saturated heterocycles. The Kier molecular flexibility index (Phi) is 6.06. The van der Waals surface area contributed by atoms with E-state index in [2.05, 4.69) is 97.1 Å². The van der Waals surface area contributed by atoms with Gasteiger partial charge >= 0.3 is 0 Å². The van der Waals surface area contributed by atoms with Gasteiger partial charge in [-0.1, -0.05) is 127 Å². The summed E-state index contributed by atoms with van der Waals surface area (Å²) in [6.45, 7) is 0. The van der Waals surface area contributed by atoms with E-state index in [0.29, 0.717) is 23.0 Å². The highest BCUT2D eigenvalue weighted by molar-refractivity contribution is 6.10. The number of benzene rings is 6. The smallest absolute Gasteiger partial charge is 0.179 e. The molecule has 0 saturated carbocycles. The Morgan fingerprint density at radius 1 is 0.283 bits per heavy atom. The fraction of sp³-hybridized carbons (Fsp3) is 0. The predicted octanol–water partition coefficient (Wildman–Crippen LogP) is 9.94. The van der Waals surface area contributed by atoms with Crippen LogP contribution in [-0.4, -0.2) is 24.9 Å². The zero-order chi connectivity index (χ0) is 30.5. The third-order valence-electron chi connectivity index (χ3n) is 8.48. The highest BCUT2D eigenvalue weighted by Crippen LogP contribution is 2.35. The van der Waals surface area contributed by atoms with Crippen LogP contribution in [0.2, 0.25) is 0 Å². The molecule has 0 atom stereocenters. The number of pyridine rings is 1. The molecule has 3 aromatic heterocycles. The minimum absolute atomic E-state index is 0.555. The molecule has 46 heavy (non-hydrogen) atoms. The maximum absolute atomic E-state index is 5.14. The van der Waals surface area contributed by atoms with E-state index in [9.17, 15) is 0 Å². The Bertz CT molecular complexity index is 2400. The second-order valence-corrected chi connectivity index (χ2v) is 11.3. The summed E-state index contributed by atoms with van der Waals surface area (Å²) in [5.41, 5.74) is 6.92. The van der Waals surface area contributed by atoms with Gasteiger partial charge in [0.1, 0.15) is 11.4 Å². The van der Waals surface area contributed by atoms with Crippen molar-refractivity contribution in [1.82, 2.24) is 24.9 Å². The lowest BCUT2D eigenvalue weighted by atomic mass is 10.0. The Hall–Kier alpha value is -6.33. The molecular formula is C41H25N5. The van der Waals surface area contributed by atoms with Crippen LogP contribution in [-0.2, 0) is 0 Å². The lowest BCUT2D eigenvalue weighted by Gasteiger charge is -2.13. The van der Waals surface area contributed by atoms with E-state index in [1.165, 1.54) is 0 Å². The van der Waals surface area contributed by atoms with Crippen molar-refractivity contribution in [1.29, 1.82) is 0 Å². The van der Waals surface area contributed by atoms with Crippen LogP contribution in [0.4, 0.5) is 0 Å². The second kappa shape index (κ2) is 10.7. The molecule has 0 unspecified atom stereocenters. The van der Waals surface area contributed by atoms with Gasteiger partial charge in [-0.2, -0.15) is 0 Å². The van der Waals surface area contributed by atoms with Crippen LogP contribution in [0.15, 0.2) is 152 Å². The maximum Gasteiger partial charge on any atom is 0.179 e. The highest BCUT2D eigenvalue weighted by atomic mass is 15.0. The molecule has 0 aliphatic carbocycles. The van der Waals surface area contributed by atoms with Crippen molar-refractivity contribution in [3.8, 4) is 45.6 Å². The Morgan fingerprint density at radius 3 is 1.20 bits per heavy atom. The van der Waals surface area contributed by atoms with Gasteiger partial charge in [-0.3, -0.25) is 0 Å². The molecule has 0 aliphatic heterocycles. The normalized spacial score (nSPS) is 11.5. The quantitative estimate of drug-likeness (QED) is 0.192. The average molecular weight is 588 g/mol. The van der Waals surface area contributed by atoms with Crippen LogP contribution in [0.5, 0.6) is 0 Å². The molecule has 0 amide bonds. The zero-order valence-electron chi connectivity index (χ0n) is 24.7. The molecule has 0 N–H and O–H groups in total. The Labute approximate surface area is 264 Å². The van der Waals surface area contributed by atoms with Gasteiger partial charge in [-0.25, -0.2) is 24.9 Å². The van der Waals surface area contributed by atoms with Crippen molar-refractivity contribution in [3.63, 3.8) is 0 Å². The first-order valence-corrected chi connectivity index (χ1v) is 15.3. The molecular weight excluding hydrogens is 562 g/mol. The molecule has 9 rings (SSSR count). The average Bonchev–Trinajstić information content (AvgIpc) is 3.14. The molecule has 0 aliphatic rings. The first-order chi connectivity index (χ1) is 22.8. The van der Waals surface area contributed by atoms with E-state index < -0.39 is 0 Å². The summed E-state index contributed by atoms with van der Waals surface area (Å²) in [5, 5.41) is 6.42. The fourth-order valence-electron chi connectivity index (χ4n) is 6.27. The van der Waals surface area contributed by atoms with E-state index in [4.69, 9.17) is 24.9 Å². The molecule has 0 spiro atoms. The van der Waals surface area contributed by atoms with Crippen LogP contribution in [0.25, 0.3) is 88.9 Å². The van der Waals surface area contributed by atoms with Gasteiger partial charge in [0, 0.05) is 32.7 Å². The monoisotopic (exact) mass is 587 g/mol. The van der Waals surface area contributed by atoms with Gasteiger partial charge in [0.15, 0.2) is 11.6 Å². The third kappa shape index (κ3) is 4.37. The van der Waals surface area contributed by atoms with Crippen molar-refractivity contribution in [2.75, 3.05) is 0 Å². The fourth-order valence-corrected chi connectivity index (χ4v) is 6.27. The number of rotatable bonds is 4. The van der Waals surface area contributed by atoms with Crippen LogP contribution in [0, 0.1) is 0 Å². The van der Waals surface area contributed by atoms with E-state index in [1.54, 1.807) is 0 Å². The molecule has 3 heterocycles. The van der Waals surface area contributed by atoms with Crippen molar-refractivity contribution in [2.45, 2.75) is 0 Å². The van der Waals surface area contributed by atoms with Crippen LogP contribution < -0.4 is 0 Å². The second-order valence-electron chi connectivity index (χ2n) is 11.3. The zero-order valence-corrected chi connectivity index (χ0v) is 24.7. The number of nitrogens with zero attached hydrogens (tertiary/aromatic N) is 5. The lowest BCUT2D eigenvalue weighted by Crippen LogP contribution is -2.00. The molecule has 0 radical (unpaired) electrons. The summed E-state index contributed by atoms with van der Waals surface area (Å²) >= 11 is 0. The van der Waals surface area contributed by atoms with Gasteiger partial charge < -0.3 is 0 Å². The van der Waals surface area contributed by atoms with Crippen LogP contribution in [0.3, 0.4) is 0 Å². The van der Waals surface area contributed by atoms with Crippen molar-refractivity contribution in [2.24, 2.45) is 0 Å². The van der Waals surface area contributed by atoms with Gasteiger partial charge in [0.25, 0.3) is 0 Å².